The summed E-state index contributed by atoms with van der Waals surface area (Å²) in [5.41, 5.74) is 1.32. The maximum atomic E-state index is 14.3. The largest absolute Gasteiger partial charge is 0.367 e. The van der Waals surface area contributed by atoms with Gasteiger partial charge in [-0.25, -0.2) is 45.0 Å². The maximum Gasteiger partial charge on any atom is 0.367 e. The predicted molar refractivity (Wildman–Crippen MR) is 90.4 cm³/mol. The Morgan fingerprint density at radius 1 is 0.719 bits per heavy atom. The van der Waals surface area contributed by atoms with Crippen LogP contribution in [0, 0.1) is 39.3 Å². The monoisotopic (exact) mass is 476 g/mol. The molecule has 1 aromatic heterocycles. The van der Waals surface area contributed by atoms with Crippen LogP contribution in [-0.4, -0.2) is 0 Å². The molecule has 0 atom stereocenters. The normalized spacial score (nSPS) is 13.3. The fourth-order valence-corrected chi connectivity index (χ4v) is 3.48. The minimum Gasteiger partial charge on any atom is -0.222 e. The minimum absolute atomic E-state index is 0.373. The summed E-state index contributed by atoms with van der Waals surface area (Å²) < 4.78 is 109. The van der Waals surface area contributed by atoms with E-state index >= 15 is 0 Å². The summed E-state index contributed by atoms with van der Waals surface area (Å²) in [6.45, 7) is 0. The van der Waals surface area contributed by atoms with Crippen molar-refractivity contribution in [1.29, 1.82) is 0 Å². The molecule has 32 heavy (non-hydrogen) atoms. The standard InChI is InChI=1S/C21H14F5O.ClHO4/c22-17-16(18(23)20(25)21(26)19(17)24)15-10-13(11-6-2-1-3-7-11)12-8-4-5-9-14(12)27-15;2-1(3,4)5/h1-3,6-7,10H,4-5,8-9H2;(H,2,3,4,5)/q+1;/p-1. The Morgan fingerprint density at radius 3 is 1.78 bits per heavy atom. The molecule has 170 valence electrons. The zero-order valence-corrected chi connectivity index (χ0v) is 16.9. The first-order valence-electron chi connectivity index (χ1n) is 9.17. The van der Waals surface area contributed by atoms with Crippen molar-refractivity contribution in [3.05, 3.63) is 76.8 Å². The predicted octanol–water partition coefficient (Wildman–Crippen LogP) is 1.71. The smallest absolute Gasteiger partial charge is 0.222 e. The summed E-state index contributed by atoms with van der Waals surface area (Å²) in [6.07, 6.45) is 3.02. The molecule has 1 aliphatic rings. The van der Waals surface area contributed by atoms with Crippen LogP contribution in [-0.2, 0) is 12.8 Å². The van der Waals surface area contributed by atoms with Crippen molar-refractivity contribution < 1.29 is 55.2 Å². The fourth-order valence-electron chi connectivity index (χ4n) is 3.48. The Hall–Kier alpha value is -2.63. The van der Waals surface area contributed by atoms with Gasteiger partial charge >= 0.3 is 11.5 Å². The molecule has 0 bridgehead atoms. The topological polar surface area (TPSA) is 104 Å². The van der Waals surface area contributed by atoms with Crippen LogP contribution in [0.25, 0.3) is 22.5 Å². The minimum atomic E-state index is -4.94. The molecule has 5 nitrogen and oxygen atoms in total. The third-order valence-electron chi connectivity index (χ3n) is 4.79. The quantitative estimate of drug-likeness (QED) is 0.242. The van der Waals surface area contributed by atoms with Crippen molar-refractivity contribution >= 4 is 0 Å². The van der Waals surface area contributed by atoms with Gasteiger partial charge in [0, 0.05) is 5.56 Å². The van der Waals surface area contributed by atoms with Crippen molar-refractivity contribution in [2.45, 2.75) is 25.7 Å². The van der Waals surface area contributed by atoms with Gasteiger partial charge in [-0.05, 0) is 24.8 Å². The number of rotatable bonds is 2. The molecule has 0 N–H and O–H groups in total. The van der Waals surface area contributed by atoms with Crippen molar-refractivity contribution in [3.8, 4) is 22.5 Å². The van der Waals surface area contributed by atoms with Crippen LogP contribution in [0.1, 0.15) is 24.2 Å². The second-order valence-electron chi connectivity index (χ2n) is 6.82. The summed E-state index contributed by atoms with van der Waals surface area (Å²) in [6, 6.07) is 10.5. The highest BCUT2D eigenvalue weighted by molar-refractivity contribution is 5.73. The molecule has 1 aliphatic carbocycles. The van der Waals surface area contributed by atoms with Gasteiger partial charge in [-0.15, -0.1) is 10.2 Å². The van der Waals surface area contributed by atoms with Gasteiger partial charge in [-0.2, -0.15) is 0 Å². The zero-order chi connectivity index (χ0) is 23.6. The average molecular weight is 477 g/mol. The lowest BCUT2D eigenvalue weighted by Crippen LogP contribution is -2.68. The first-order valence-corrected chi connectivity index (χ1v) is 10.4. The number of benzene rings is 2. The van der Waals surface area contributed by atoms with Gasteiger partial charge in [-0.1, -0.05) is 30.3 Å². The van der Waals surface area contributed by atoms with E-state index in [4.69, 9.17) is 23.1 Å². The Balaban J connectivity index is 0.000000523. The first kappa shape index (κ1) is 24.0. The molecule has 0 fully saturated rings. The molecule has 3 aromatic rings. The highest BCUT2D eigenvalue weighted by atomic mass is 35.7. The fraction of sp³-hybridized carbons (Fsp3) is 0.190. The Morgan fingerprint density at radius 2 is 1.22 bits per heavy atom. The lowest BCUT2D eigenvalue weighted by molar-refractivity contribution is -2.00. The second kappa shape index (κ2) is 9.47. The third-order valence-corrected chi connectivity index (χ3v) is 4.79. The zero-order valence-electron chi connectivity index (χ0n) is 16.1. The molecule has 0 spiro atoms. The SMILES string of the molecule is Fc1c(F)c(F)c(-c2cc(-c3ccccc3)c3c([o+]2)CCCC3)c(F)c1F.[O-][Cl+3]([O-])([O-])[O-]. The van der Waals surface area contributed by atoms with E-state index < -0.39 is 44.9 Å². The van der Waals surface area contributed by atoms with Crippen molar-refractivity contribution in [2.24, 2.45) is 0 Å². The van der Waals surface area contributed by atoms with Gasteiger partial charge in [0.15, 0.2) is 28.8 Å². The highest BCUT2D eigenvalue weighted by Gasteiger charge is 2.35. The van der Waals surface area contributed by atoms with Crippen molar-refractivity contribution in [1.82, 2.24) is 0 Å². The average Bonchev–Trinajstić information content (AvgIpc) is 2.75. The number of aryl methyl sites for hydroxylation is 1. The van der Waals surface area contributed by atoms with E-state index in [-0.39, 0.29) is 5.76 Å². The lowest BCUT2D eigenvalue weighted by Gasteiger charge is -2.17. The summed E-state index contributed by atoms with van der Waals surface area (Å²) in [7, 11) is -4.94. The molecule has 0 unspecified atom stereocenters. The van der Waals surface area contributed by atoms with E-state index in [1.807, 2.05) is 30.3 Å². The molecule has 0 radical (unpaired) electrons. The third kappa shape index (κ3) is 5.22. The Labute approximate surface area is 180 Å². The van der Waals surface area contributed by atoms with E-state index in [0.29, 0.717) is 17.7 Å². The van der Waals surface area contributed by atoms with Crippen LogP contribution in [0.3, 0.4) is 0 Å². The van der Waals surface area contributed by atoms with Crippen LogP contribution >= 0.6 is 0 Å². The van der Waals surface area contributed by atoms with E-state index in [9.17, 15) is 22.0 Å². The maximum absolute atomic E-state index is 14.3. The van der Waals surface area contributed by atoms with E-state index in [0.717, 1.165) is 30.4 Å². The van der Waals surface area contributed by atoms with E-state index in [1.165, 1.54) is 6.07 Å². The van der Waals surface area contributed by atoms with Gasteiger partial charge < -0.3 is 0 Å². The van der Waals surface area contributed by atoms with Gasteiger partial charge in [-0.3, -0.25) is 0 Å². The summed E-state index contributed by atoms with van der Waals surface area (Å²) >= 11 is 0. The molecule has 0 aliphatic heterocycles. The lowest BCUT2D eigenvalue weighted by atomic mass is 9.89. The van der Waals surface area contributed by atoms with Crippen LogP contribution in [0.4, 0.5) is 22.0 Å². The van der Waals surface area contributed by atoms with E-state index in [1.54, 1.807) is 0 Å². The second-order valence-corrected chi connectivity index (χ2v) is 7.58. The molecule has 4 rings (SSSR count). The van der Waals surface area contributed by atoms with Crippen LogP contribution in [0.2, 0.25) is 0 Å². The Kier molecular flexibility index (Phi) is 7.11. The molecule has 0 saturated carbocycles. The van der Waals surface area contributed by atoms with Gasteiger partial charge in [0.05, 0.1) is 18.1 Å². The number of hydrogen-bond donors (Lipinski definition) is 0. The number of fused-ring (bicyclic) bond motifs is 1. The van der Waals surface area contributed by atoms with E-state index in [2.05, 4.69) is 0 Å². The molecular formula is C21H14ClF5O5. The summed E-state index contributed by atoms with van der Waals surface area (Å²) in [5, 5.41) is 0. The van der Waals surface area contributed by atoms with Crippen LogP contribution in [0.5, 0.6) is 0 Å². The molecule has 0 amide bonds. The Bertz CT molecular complexity index is 1100. The van der Waals surface area contributed by atoms with Crippen molar-refractivity contribution in [2.75, 3.05) is 0 Å². The van der Waals surface area contributed by atoms with Gasteiger partial charge in [0.1, 0.15) is 0 Å². The van der Waals surface area contributed by atoms with Crippen LogP contribution < -0.4 is 18.6 Å². The first-order chi connectivity index (χ1) is 15.0. The molecule has 11 heteroatoms. The van der Waals surface area contributed by atoms with Crippen molar-refractivity contribution in [3.63, 3.8) is 0 Å². The molecular weight excluding hydrogens is 463 g/mol. The summed E-state index contributed by atoms with van der Waals surface area (Å²) in [5.74, 6) is -9.81. The molecule has 2 aromatic carbocycles. The van der Waals surface area contributed by atoms with Crippen LogP contribution in [0.15, 0.2) is 40.8 Å². The molecule has 1 heterocycles. The van der Waals surface area contributed by atoms with Gasteiger partial charge in [0.2, 0.25) is 5.82 Å². The highest BCUT2D eigenvalue weighted by Crippen LogP contribution is 2.39. The number of hydrogen-bond acceptors (Lipinski definition) is 4. The number of halogens is 6. The molecule has 0 saturated heterocycles. The summed E-state index contributed by atoms with van der Waals surface area (Å²) in [4.78, 5) is 0. The van der Waals surface area contributed by atoms with Gasteiger partial charge in [0.25, 0.3) is 0 Å².